The quantitative estimate of drug-likeness (QED) is 0.592. The monoisotopic (exact) mass is 232 g/mol. The summed E-state index contributed by atoms with van der Waals surface area (Å²) in [5.74, 6) is 0.318. The third-order valence-corrected chi connectivity index (χ3v) is 1.87. The van der Waals surface area contributed by atoms with Gasteiger partial charge in [-0.3, -0.25) is 0 Å². The van der Waals surface area contributed by atoms with E-state index in [-0.39, 0.29) is 5.97 Å². The Morgan fingerprint density at radius 3 is 3.08 bits per heavy atom. The Labute approximate surface area is 78.8 Å². The summed E-state index contributed by atoms with van der Waals surface area (Å²) in [6.07, 6.45) is 2.18. The zero-order chi connectivity index (χ0) is 8.97. The van der Waals surface area contributed by atoms with E-state index in [1.54, 1.807) is 6.07 Å². The van der Waals surface area contributed by atoms with E-state index in [0.717, 1.165) is 5.33 Å². The van der Waals surface area contributed by atoms with Gasteiger partial charge in [-0.25, -0.2) is 4.79 Å². The van der Waals surface area contributed by atoms with Crippen LogP contribution in [0, 0.1) is 0 Å². The minimum absolute atomic E-state index is 0.347. The van der Waals surface area contributed by atoms with Gasteiger partial charge in [0.25, 0.3) is 0 Å². The highest BCUT2D eigenvalue weighted by atomic mass is 79.9. The molecule has 0 aliphatic rings. The van der Waals surface area contributed by atoms with Crippen LogP contribution in [0.4, 0.5) is 0 Å². The highest BCUT2D eigenvalue weighted by Crippen LogP contribution is 2.13. The Balaban J connectivity index is 2.83. The van der Waals surface area contributed by atoms with Gasteiger partial charge in [-0.05, 0) is 6.07 Å². The van der Waals surface area contributed by atoms with Gasteiger partial charge < -0.3 is 9.15 Å². The maximum atomic E-state index is 11.1. The number of rotatable bonds is 3. The van der Waals surface area contributed by atoms with Gasteiger partial charge in [0.05, 0.1) is 13.4 Å². The van der Waals surface area contributed by atoms with Crippen molar-refractivity contribution in [1.82, 2.24) is 0 Å². The molecule has 0 bridgehead atoms. The third-order valence-electron chi connectivity index (χ3n) is 1.47. The standard InChI is InChI=1S/C8H9BrO3/c1-11-8(10)6-3-5-12-7(6)2-4-9/h3,5H,2,4H2,1H3. The first kappa shape index (κ1) is 9.32. The summed E-state index contributed by atoms with van der Waals surface area (Å²) in [7, 11) is 1.35. The van der Waals surface area contributed by atoms with Crippen LogP contribution in [0.3, 0.4) is 0 Å². The molecule has 0 radical (unpaired) electrons. The number of methoxy groups -OCH3 is 1. The molecule has 0 saturated carbocycles. The summed E-state index contributed by atoms with van der Waals surface area (Å²) < 4.78 is 9.66. The number of halogens is 1. The Kier molecular flexibility index (Phi) is 3.34. The smallest absolute Gasteiger partial charge is 0.341 e. The molecule has 4 heteroatoms. The van der Waals surface area contributed by atoms with Crippen molar-refractivity contribution in [3.8, 4) is 0 Å². The van der Waals surface area contributed by atoms with Crippen LogP contribution in [0.2, 0.25) is 0 Å². The van der Waals surface area contributed by atoms with E-state index in [1.165, 1.54) is 13.4 Å². The van der Waals surface area contributed by atoms with E-state index in [9.17, 15) is 4.79 Å². The van der Waals surface area contributed by atoms with Crippen LogP contribution in [-0.2, 0) is 11.2 Å². The average molecular weight is 233 g/mol. The molecule has 0 aromatic carbocycles. The number of esters is 1. The molecule has 0 unspecified atom stereocenters. The third kappa shape index (κ3) is 1.88. The highest BCUT2D eigenvalue weighted by Gasteiger charge is 2.13. The molecule has 1 aromatic heterocycles. The molecule has 0 fully saturated rings. The molecule has 1 aromatic rings. The molecule has 0 amide bonds. The molecule has 12 heavy (non-hydrogen) atoms. The molecule has 66 valence electrons. The van der Waals surface area contributed by atoms with Gasteiger partial charge in [0.2, 0.25) is 0 Å². The molecule has 1 rings (SSSR count). The lowest BCUT2D eigenvalue weighted by atomic mass is 10.2. The molecule has 0 spiro atoms. The molecular weight excluding hydrogens is 224 g/mol. The lowest BCUT2D eigenvalue weighted by molar-refractivity contribution is 0.0598. The number of furan rings is 1. The van der Waals surface area contributed by atoms with Crippen LogP contribution < -0.4 is 0 Å². The van der Waals surface area contributed by atoms with Gasteiger partial charge in [0.15, 0.2) is 0 Å². The zero-order valence-electron chi connectivity index (χ0n) is 6.67. The predicted octanol–water partition coefficient (Wildman–Crippen LogP) is 2.00. The zero-order valence-corrected chi connectivity index (χ0v) is 8.26. The van der Waals surface area contributed by atoms with Crippen LogP contribution in [0.25, 0.3) is 0 Å². The number of aryl methyl sites for hydroxylation is 1. The summed E-state index contributed by atoms with van der Waals surface area (Å²) in [5, 5.41) is 0.768. The number of carbonyl (C=O) groups is 1. The van der Waals surface area contributed by atoms with Crippen LogP contribution in [0.5, 0.6) is 0 Å². The van der Waals surface area contributed by atoms with Gasteiger partial charge in [-0.1, -0.05) is 15.9 Å². The lowest BCUT2D eigenvalue weighted by Crippen LogP contribution is -2.03. The van der Waals surface area contributed by atoms with Crippen LogP contribution in [-0.4, -0.2) is 18.4 Å². The van der Waals surface area contributed by atoms with Crippen LogP contribution >= 0.6 is 15.9 Å². The van der Waals surface area contributed by atoms with Crippen molar-refractivity contribution in [2.75, 3.05) is 12.4 Å². The molecule has 0 atom stereocenters. The average Bonchev–Trinajstić information content (AvgIpc) is 2.52. The van der Waals surface area contributed by atoms with E-state index in [0.29, 0.717) is 17.7 Å². The normalized spacial score (nSPS) is 9.83. The van der Waals surface area contributed by atoms with E-state index in [1.807, 2.05) is 0 Å². The maximum absolute atomic E-state index is 11.1. The second kappa shape index (κ2) is 4.30. The van der Waals surface area contributed by atoms with E-state index in [4.69, 9.17) is 4.42 Å². The fourth-order valence-corrected chi connectivity index (χ4v) is 1.27. The molecule has 0 N–H and O–H groups in total. The minimum atomic E-state index is -0.347. The number of ether oxygens (including phenoxy) is 1. The summed E-state index contributed by atoms with van der Waals surface area (Å²) in [6.45, 7) is 0. The molecule has 0 aliphatic carbocycles. The fourth-order valence-electron chi connectivity index (χ4n) is 0.912. The number of hydrogen-bond acceptors (Lipinski definition) is 3. The first-order chi connectivity index (χ1) is 5.79. The van der Waals surface area contributed by atoms with Crippen LogP contribution in [0.15, 0.2) is 16.7 Å². The Hall–Kier alpha value is -0.770. The van der Waals surface area contributed by atoms with Crippen molar-refractivity contribution in [1.29, 1.82) is 0 Å². The Bertz CT molecular complexity index is 267. The molecule has 0 saturated heterocycles. The first-order valence-corrected chi connectivity index (χ1v) is 4.62. The second-order valence-electron chi connectivity index (χ2n) is 2.19. The maximum Gasteiger partial charge on any atom is 0.341 e. The molecule has 1 heterocycles. The SMILES string of the molecule is COC(=O)c1ccoc1CCBr. The number of alkyl halides is 1. The Morgan fingerprint density at radius 2 is 2.50 bits per heavy atom. The summed E-state index contributed by atoms with van der Waals surface area (Å²) >= 11 is 3.26. The molecular formula is C8H9BrO3. The summed E-state index contributed by atoms with van der Waals surface area (Å²) in [5.41, 5.74) is 0.511. The number of carbonyl (C=O) groups excluding carboxylic acids is 1. The highest BCUT2D eigenvalue weighted by molar-refractivity contribution is 9.09. The topological polar surface area (TPSA) is 39.4 Å². The van der Waals surface area contributed by atoms with Gasteiger partial charge >= 0.3 is 5.97 Å². The lowest BCUT2D eigenvalue weighted by Gasteiger charge is -1.97. The predicted molar refractivity (Wildman–Crippen MR) is 47.5 cm³/mol. The molecule has 3 nitrogen and oxygen atoms in total. The van der Waals surface area contributed by atoms with Crippen molar-refractivity contribution < 1.29 is 13.9 Å². The van der Waals surface area contributed by atoms with Crippen molar-refractivity contribution >= 4 is 21.9 Å². The Morgan fingerprint density at radius 1 is 1.75 bits per heavy atom. The second-order valence-corrected chi connectivity index (χ2v) is 2.98. The first-order valence-electron chi connectivity index (χ1n) is 3.50. The van der Waals surface area contributed by atoms with Gasteiger partial charge in [-0.2, -0.15) is 0 Å². The summed E-state index contributed by atoms with van der Waals surface area (Å²) in [6, 6.07) is 1.61. The van der Waals surface area contributed by atoms with E-state index in [2.05, 4.69) is 20.7 Å². The van der Waals surface area contributed by atoms with Crippen molar-refractivity contribution in [3.63, 3.8) is 0 Å². The van der Waals surface area contributed by atoms with E-state index >= 15 is 0 Å². The number of hydrogen-bond donors (Lipinski definition) is 0. The van der Waals surface area contributed by atoms with Crippen molar-refractivity contribution in [3.05, 3.63) is 23.7 Å². The van der Waals surface area contributed by atoms with Gasteiger partial charge in [0, 0.05) is 11.8 Å². The van der Waals surface area contributed by atoms with Crippen molar-refractivity contribution in [2.45, 2.75) is 6.42 Å². The van der Waals surface area contributed by atoms with Gasteiger partial charge in [-0.15, -0.1) is 0 Å². The fraction of sp³-hybridized carbons (Fsp3) is 0.375. The van der Waals surface area contributed by atoms with Crippen molar-refractivity contribution in [2.24, 2.45) is 0 Å². The molecule has 0 aliphatic heterocycles. The largest absolute Gasteiger partial charge is 0.468 e. The minimum Gasteiger partial charge on any atom is -0.468 e. The summed E-state index contributed by atoms with van der Waals surface area (Å²) in [4.78, 5) is 11.1. The van der Waals surface area contributed by atoms with Gasteiger partial charge in [0.1, 0.15) is 11.3 Å². The van der Waals surface area contributed by atoms with Crippen LogP contribution in [0.1, 0.15) is 16.1 Å². The van der Waals surface area contributed by atoms with E-state index < -0.39 is 0 Å².